The standard InChI is InChI=1S/C14H19N5O/c1-11-18-13(20-19-11)8-9-16-14(15-2)17-10-12-6-4-3-5-7-12/h3-7H,8-10H2,1-2H3,(H2,15,16,17). The molecule has 6 heteroatoms. The Kier molecular flexibility index (Phi) is 5.11. The first-order valence-electron chi connectivity index (χ1n) is 6.55. The molecule has 0 spiro atoms. The lowest BCUT2D eigenvalue weighted by Gasteiger charge is -2.11. The predicted molar refractivity (Wildman–Crippen MR) is 77.4 cm³/mol. The van der Waals surface area contributed by atoms with Crippen LogP contribution in [0.15, 0.2) is 39.8 Å². The van der Waals surface area contributed by atoms with Crippen molar-refractivity contribution < 1.29 is 4.52 Å². The molecule has 0 aliphatic heterocycles. The van der Waals surface area contributed by atoms with Crippen molar-refractivity contribution in [1.82, 2.24) is 20.8 Å². The van der Waals surface area contributed by atoms with Gasteiger partial charge in [-0.25, -0.2) is 0 Å². The fraction of sp³-hybridized carbons (Fsp3) is 0.357. The number of aryl methyl sites for hydroxylation is 1. The highest BCUT2D eigenvalue weighted by atomic mass is 16.5. The van der Waals surface area contributed by atoms with Gasteiger partial charge in [-0.2, -0.15) is 4.98 Å². The van der Waals surface area contributed by atoms with Gasteiger partial charge in [0, 0.05) is 26.6 Å². The number of nitrogens with one attached hydrogen (secondary N) is 2. The summed E-state index contributed by atoms with van der Waals surface area (Å²) in [4.78, 5) is 8.32. The fourth-order valence-electron chi connectivity index (χ4n) is 1.73. The molecule has 0 fully saturated rings. The van der Waals surface area contributed by atoms with E-state index < -0.39 is 0 Å². The monoisotopic (exact) mass is 273 g/mol. The molecule has 6 nitrogen and oxygen atoms in total. The van der Waals surface area contributed by atoms with E-state index in [1.54, 1.807) is 14.0 Å². The molecule has 0 atom stereocenters. The molecule has 2 aromatic rings. The fourth-order valence-corrected chi connectivity index (χ4v) is 1.73. The molecule has 0 saturated heterocycles. The molecule has 0 radical (unpaired) electrons. The number of benzene rings is 1. The topological polar surface area (TPSA) is 75.3 Å². The Bertz CT molecular complexity index is 550. The molecule has 0 aliphatic carbocycles. The summed E-state index contributed by atoms with van der Waals surface area (Å²) in [5.41, 5.74) is 1.21. The van der Waals surface area contributed by atoms with Crippen molar-refractivity contribution in [3.8, 4) is 0 Å². The van der Waals surface area contributed by atoms with E-state index >= 15 is 0 Å². The van der Waals surface area contributed by atoms with Crippen molar-refractivity contribution in [3.05, 3.63) is 47.6 Å². The number of nitrogens with zero attached hydrogens (tertiary/aromatic N) is 3. The van der Waals surface area contributed by atoms with Crippen LogP contribution in [0.2, 0.25) is 0 Å². The number of aliphatic imine (C=N–C) groups is 1. The van der Waals surface area contributed by atoms with Gasteiger partial charge in [0.1, 0.15) is 0 Å². The number of hydrogen-bond donors (Lipinski definition) is 2. The van der Waals surface area contributed by atoms with Crippen molar-refractivity contribution in [3.63, 3.8) is 0 Å². The first kappa shape index (κ1) is 14.0. The SMILES string of the molecule is CN=C(NCCc1nc(C)no1)NCc1ccccc1. The van der Waals surface area contributed by atoms with Crippen LogP contribution < -0.4 is 10.6 Å². The third kappa shape index (κ3) is 4.38. The zero-order chi connectivity index (χ0) is 14.2. The van der Waals surface area contributed by atoms with Crippen LogP contribution in [-0.4, -0.2) is 29.7 Å². The smallest absolute Gasteiger partial charge is 0.228 e. The lowest BCUT2D eigenvalue weighted by atomic mass is 10.2. The summed E-state index contributed by atoms with van der Waals surface area (Å²) in [5, 5.41) is 10.2. The second kappa shape index (κ2) is 7.28. The number of rotatable bonds is 5. The largest absolute Gasteiger partial charge is 0.356 e. The van der Waals surface area contributed by atoms with Crippen LogP contribution in [-0.2, 0) is 13.0 Å². The van der Waals surface area contributed by atoms with E-state index in [0.29, 0.717) is 24.7 Å². The Balaban J connectivity index is 1.73. The van der Waals surface area contributed by atoms with Gasteiger partial charge in [-0.1, -0.05) is 35.5 Å². The maximum absolute atomic E-state index is 5.05. The molecule has 106 valence electrons. The van der Waals surface area contributed by atoms with Crippen LogP contribution in [0.25, 0.3) is 0 Å². The van der Waals surface area contributed by atoms with Crippen LogP contribution in [0.4, 0.5) is 0 Å². The van der Waals surface area contributed by atoms with Crippen LogP contribution in [0.1, 0.15) is 17.3 Å². The lowest BCUT2D eigenvalue weighted by Crippen LogP contribution is -2.37. The Morgan fingerprint density at radius 2 is 2.05 bits per heavy atom. The summed E-state index contributed by atoms with van der Waals surface area (Å²) < 4.78 is 5.05. The van der Waals surface area contributed by atoms with E-state index in [1.807, 2.05) is 18.2 Å². The third-order valence-electron chi connectivity index (χ3n) is 2.73. The van der Waals surface area contributed by atoms with Crippen molar-refractivity contribution >= 4 is 5.96 Å². The Morgan fingerprint density at radius 3 is 2.70 bits per heavy atom. The lowest BCUT2D eigenvalue weighted by molar-refractivity contribution is 0.374. The zero-order valence-corrected chi connectivity index (χ0v) is 11.8. The minimum absolute atomic E-state index is 0.633. The molecule has 1 heterocycles. The molecule has 0 bridgehead atoms. The van der Waals surface area contributed by atoms with Gasteiger partial charge in [0.05, 0.1) is 0 Å². The van der Waals surface area contributed by atoms with E-state index in [4.69, 9.17) is 4.52 Å². The Labute approximate surface area is 118 Å². The third-order valence-corrected chi connectivity index (χ3v) is 2.73. The normalized spacial score (nSPS) is 11.4. The van der Waals surface area contributed by atoms with Gasteiger partial charge in [0.25, 0.3) is 0 Å². The highest BCUT2D eigenvalue weighted by molar-refractivity contribution is 5.79. The van der Waals surface area contributed by atoms with E-state index in [9.17, 15) is 0 Å². The molecular formula is C14H19N5O. The van der Waals surface area contributed by atoms with Gasteiger partial charge in [-0.3, -0.25) is 4.99 Å². The quantitative estimate of drug-likeness (QED) is 0.634. The number of guanidine groups is 1. The Hall–Kier alpha value is -2.37. The van der Waals surface area contributed by atoms with Gasteiger partial charge in [0.2, 0.25) is 5.89 Å². The number of aromatic nitrogens is 2. The summed E-state index contributed by atoms with van der Waals surface area (Å²) in [5.74, 6) is 2.05. The summed E-state index contributed by atoms with van der Waals surface area (Å²) in [6, 6.07) is 10.2. The summed E-state index contributed by atoms with van der Waals surface area (Å²) in [7, 11) is 1.75. The Morgan fingerprint density at radius 1 is 1.25 bits per heavy atom. The minimum atomic E-state index is 0.633. The average Bonchev–Trinajstić information content (AvgIpc) is 2.89. The zero-order valence-electron chi connectivity index (χ0n) is 11.8. The van der Waals surface area contributed by atoms with Crippen molar-refractivity contribution in [2.45, 2.75) is 19.9 Å². The van der Waals surface area contributed by atoms with E-state index in [1.165, 1.54) is 5.56 Å². The van der Waals surface area contributed by atoms with Gasteiger partial charge in [0.15, 0.2) is 11.8 Å². The van der Waals surface area contributed by atoms with Crippen molar-refractivity contribution in [2.24, 2.45) is 4.99 Å². The number of hydrogen-bond acceptors (Lipinski definition) is 4. The van der Waals surface area contributed by atoms with E-state index in [-0.39, 0.29) is 0 Å². The van der Waals surface area contributed by atoms with Crippen LogP contribution >= 0.6 is 0 Å². The molecular weight excluding hydrogens is 254 g/mol. The molecule has 2 rings (SSSR count). The second-order valence-electron chi connectivity index (χ2n) is 4.32. The van der Waals surface area contributed by atoms with Gasteiger partial charge in [-0.15, -0.1) is 0 Å². The molecule has 0 saturated carbocycles. The molecule has 1 aromatic heterocycles. The molecule has 20 heavy (non-hydrogen) atoms. The molecule has 0 unspecified atom stereocenters. The van der Waals surface area contributed by atoms with Gasteiger partial charge < -0.3 is 15.2 Å². The van der Waals surface area contributed by atoms with Gasteiger partial charge >= 0.3 is 0 Å². The summed E-state index contributed by atoms with van der Waals surface area (Å²) in [6.07, 6.45) is 0.673. The van der Waals surface area contributed by atoms with Crippen LogP contribution in [0, 0.1) is 6.92 Å². The summed E-state index contributed by atoms with van der Waals surface area (Å²) >= 11 is 0. The van der Waals surface area contributed by atoms with Crippen LogP contribution in [0.3, 0.4) is 0 Å². The molecule has 0 aliphatic rings. The van der Waals surface area contributed by atoms with Crippen LogP contribution in [0.5, 0.6) is 0 Å². The van der Waals surface area contributed by atoms with Crippen molar-refractivity contribution in [2.75, 3.05) is 13.6 Å². The maximum atomic E-state index is 5.05. The first-order valence-corrected chi connectivity index (χ1v) is 6.55. The van der Waals surface area contributed by atoms with E-state index in [2.05, 4.69) is 37.9 Å². The van der Waals surface area contributed by atoms with Crippen molar-refractivity contribution in [1.29, 1.82) is 0 Å². The molecule has 1 aromatic carbocycles. The minimum Gasteiger partial charge on any atom is -0.356 e. The molecule has 0 amide bonds. The highest BCUT2D eigenvalue weighted by Crippen LogP contribution is 1.97. The summed E-state index contributed by atoms with van der Waals surface area (Å²) in [6.45, 7) is 3.23. The first-order chi connectivity index (χ1) is 9.78. The van der Waals surface area contributed by atoms with E-state index in [0.717, 1.165) is 12.5 Å². The predicted octanol–water partition coefficient (Wildman–Crippen LogP) is 1.29. The van der Waals surface area contributed by atoms with Gasteiger partial charge in [-0.05, 0) is 12.5 Å². The average molecular weight is 273 g/mol. The highest BCUT2D eigenvalue weighted by Gasteiger charge is 2.03. The second-order valence-corrected chi connectivity index (χ2v) is 4.32. The maximum Gasteiger partial charge on any atom is 0.228 e. The molecule has 2 N–H and O–H groups in total.